The van der Waals surface area contributed by atoms with E-state index in [1.807, 2.05) is 18.7 Å². The summed E-state index contributed by atoms with van der Waals surface area (Å²) in [4.78, 5) is 12.3. The molecule has 1 saturated heterocycles. The van der Waals surface area contributed by atoms with Crippen LogP contribution in [0.3, 0.4) is 0 Å². The van der Waals surface area contributed by atoms with Gasteiger partial charge in [-0.2, -0.15) is 11.8 Å². The molecule has 1 heterocycles. The molecule has 2 N–H and O–H groups in total. The first-order valence-electron chi connectivity index (χ1n) is 7.47. The Kier molecular flexibility index (Phi) is 8.25. The number of halogens is 1. The number of hydrogen-bond acceptors (Lipinski definition) is 4. The number of nitrogens with one attached hydrogen (secondary N) is 2. The first-order chi connectivity index (χ1) is 9.20. The zero-order valence-corrected chi connectivity index (χ0v) is 14.0. The van der Waals surface area contributed by atoms with E-state index in [4.69, 9.17) is 4.74 Å². The summed E-state index contributed by atoms with van der Waals surface area (Å²) in [6.07, 6.45) is 4.73. The standard InChI is InChI=1S/C14H26N2O2S.ClH/c1-3-19-12-6-4-5-11(9-12)16-14(17)13-10(2)18-8-7-15-13;/h10-13,15H,3-9H2,1-2H3,(H,16,17);1H/t10-,11?,12?,13+;/m1./s1. The van der Waals surface area contributed by atoms with Crippen molar-refractivity contribution < 1.29 is 9.53 Å². The zero-order valence-electron chi connectivity index (χ0n) is 12.4. The smallest absolute Gasteiger partial charge is 0.240 e. The Balaban J connectivity index is 0.00000200. The normalized spacial score (nSPS) is 34.1. The fourth-order valence-electron chi connectivity index (χ4n) is 2.98. The lowest BCUT2D eigenvalue weighted by molar-refractivity contribution is -0.129. The highest BCUT2D eigenvalue weighted by Gasteiger charge is 2.31. The maximum absolute atomic E-state index is 12.3. The molecule has 0 aromatic heterocycles. The molecule has 118 valence electrons. The number of amides is 1. The lowest BCUT2D eigenvalue weighted by Gasteiger charge is -2.33. The summed E-state index contributed by atoms with van der Waals surface area (Å²) in [5.41, 5.74) is 0. The number of thioether (sulfide) groups is 1. The van der Waals surface area contributed by atoms with Gasteiger partial charge < -0.3 is 15.4 Å². The second kappa shape index (κ2) is 9.13. The predicted molar refractivity (Wildman–Crippen MR) is 86.8 cm³/mol. The van der Waals surface area contributed by atoms with Crippen LogP contribution in [0.25, 0.3) is 0 Å². The van der Waals surface area contributed by atoms with Gasteiger partial charge in [-0.1, -0.05) is 13.3 Å². The summed E-state index contributed by atoms with van der Waals surface area (Å²) in [7, 11) is 0. The van der Waals surface area contributed by atoms with Crippen LogP contribution in [-0.4, -0.2) is 48.2 Å². The lowest BCUT2D eigenvalue weighted by atomic mass is 9.94. The molecule has 2 unspecified atom stereocenters. The topological polar surface area (TPSA) is 50.4 Å². The predicted octanol–water partition coefficient (Wildman–Crippen LogP) is 1.97. The van der Waals surface area contributed by atoms with Crippen molar-refractivity contribution in [2.45, 2.75) is 63.0 Å². The Hall–Kier alpha value is 0.0300. The molecule has 0 aromatic carbocycles. The minimum atomic E-state index is -0.187. The molecule has 1 amide bonds. The van der Waals surface area contributed by atoms with Crippen LogP contribution in [0.5, 0.6) is 0 Å². The van der Waals surface area contributed by atoms with Gasteiger partial charge in [-0.15, -0.1) is 12.4 Å². The number of hydrogen-bond donors (Lipinski definition) is 2. The number of morpholine rings is 1. The summed E-state index contributed by atoms with van der Waals surface area (Å²) in [6.45, 7) is 5.63. The van der Waals surface area contributed by atoms with E-state index in [9.17, 15) is 4.79 Å². The summed E-state index contributed by atoms with van der Waals surface area (Å²) in [6, 6.07) is 0.161. The van der Waals surface area contributed by atoms with Crippen LogP contribution in [0.1, 0.15) is 39.5 Å². The van der Waals surface area contributed by atoms with Crippen LogP contribution in [0, 0.1) is 0 Å². The Bertz CT molecular complexity index is 305. The van der Waals surface area contributed by atoms with Crippen molar-refractivity contribution in [3.63, 3.8) is 0 Å². The Morgan fingerprint density at radius 3 is 2.95 bits per heavy atom. The van der Waals surface area contributed by atoms with E-state index in [1.165, 1.54) is 18.6 Å². The zero-order chi connectivity index (χ0) is 13.7. The van der Waals surface area contributed by atoms with E-state index in [2.05, 4.69) is 17.6 Å². The molecule has 2 fully saturated rings. The van der Waals surface area contributed by atoms with E-state index in [0.717, 1.165) is 24.6 Å². The van der Waals surface area contributed by atoms with Crippen molar-refractivity contribution >= 4 is 30.1 Å². The average molecular weight is 323 g/mol. The van der Waals surface area contributed by atoms with Crippen molar-refractivity contribution in [3.8, 4) is 0 Å². The van der Waals surface area contributed by atoms with E-state index in [-0.39, 0.29) is 30.5 Å². The van der Waals surface area contributed by atoms with Gasteiger partial charge in [0.15, 0.2) is 0 Å². The summed E-state index contributed by atoms with van der Waals surface area (Å²) < 4.78 is 5.53. The van der Waals surface area contributed by atoms with Crippen molar-refractivity contribution in [1.82, 2.24) is 10.6 Å². The molecule has 2 aliphatic rings. The molecule has 1 aliphatic carbocycles. The molecular weight excluding hydrogens is 296 g/mol. The van der Waals surface area contributed by atoms with Gasteiger partial charge in [-0.05, 0) is 31.9 Å². The SMILES string of the molecule is CCSC1CCCC(NC(=O)[C@H]2NCCO[C@@H]2C)C1.Cl. The van der Waals surface area contributed by atoms with E-state index in [0.29, 0.717) is 12.6 Å². The van der Waals surface area contributed by atoms with Gasteiger partial charge in [0.05, 0.1) is 12.7 Å². The largest absolute Gasteiger partial charge is 0.375 e. The molecular formula is C14H27ClN2O2S. The number of ether oxygens (including phenoxy) is 1. The first-order valence-corrected chi connectivity index (χ1v) is 8.52. The fraction of sp³-hybridized carbons (Fsp3) is 0.929. The molecule has 0 bridgehead atoms. The molecule has 20 heavy (non-hydrogen) atoms. The van der Waals surface area contributed by atoms with Gasteiger partial charge in [0, 0.05) is 17.8 Å². The molecule has 0 spiro atoms. The van der Waals surface area contributed by atoms with Gasteiger partial charge in [-0.25, -0.2) is 0 Å². The van der Waals surface area contributed by atoms with E-state index in [1.54, 1.807) is 0 Å². The first kappa shape index (κ1) is 18.1. The summed E-state index contributed by atoms with van der Waals surface area (Å²) in [5.74, 6) is 1.28. The molecule has 1 aliphatic heterocycles. The van der Waals surface area contributed by atoms with Crippen molar-refractivity contribution in [2.24, 2.45) is 0 Å². The van der Waals surface area contributed by atoms with Crippen LogP contribution >= 0.6 is 24.2 Å². The molecule has 4 atom stereocenters. The highest BCUT2D eigenvalue weighted by Crippen LogP contribution is 2.28. The Morgan fingerprint density at radius 2 is 2.25 bits per heavy atom. The number of rotatable bonds is 4. The second-order valence-corrected chi connectivity index (χ2v) is 7.03. The van der Waals surface area contributed by atoms with Gasteiger partial charge in [0.25, 0.3) is 0 Å². The maximum Gasteiger partial charge on any atom is 0.240 e. The Morgan fingerprint density at radius 1 is 1.45 bits per heavy atom. The number of carbonyl (C=O) groups is 1. The summed E-state index contributed by atoms with van der Waals surface area (Å²) in [5, 5.41) is 7.18. The lowest BCUT2D eigenvalue weighted by Crippen LogP contribution is -2.57. The second-order valence-electron chi connectivity index (χ2n) is 5.46. The van der Waals surface area contributed by atoms with Crippen molar-refractivity contribution in [1.29, 1.82) is 0 Å². The minimum Gasteiger partial charge on any atom is -0.375 e. The molecule has 6 heteroatoms. The highest BCUT2D eigenvalue weighted by atomic mass is 35.5. The van der Waals surface area contributed by atoms with Crippen LogP contribution in [0.15, 0.2) is 0 Å². The highest BCUT2D eigenvalue weighted by molar-refractivity contribution is 7.99. The third-order valence-electron chi connectivity index (χ3n) is 3.97. The molecule has 0 aromatic rings. The Labute approximate surface area is 132 Å². The fourth-order valence-corrected chi connectivity index (χ4v) is 4.15. The monoisotopic (exact) mass is 322 g/mol. The van der Waals surface area contributed by atoms with Gasteiger partial charge in [0.2, 0.25) is 5.91 Å². The average Bonchev–Trinajstić information content (AvgIpc) is 2.40. The van der Waals surface area contributed by atoms with Gasteiger partial charge in [0.1, 0.15) is 6.04 Å². The third kappa shape index (κ3) is 5.10. The van der Waals surface area contributed by atoms with Crippen molar-refractivity contribution in [2.75, 3.05) is 18.9 Å². The van der Waals surface area contributed by atoms with Crippen LogP contribution in [0.4, 0.5) is 0 Å². The van der Waals surface area contributed by atoms with E-state index >= 15 is 0 Å². The van der Waals surface area contributed by atoms with Crippen molar-refractivity contribution in [3.05, 3.63) is 0 Å². The van der Waals surface area contributed by atoms with Crippen LogP contribution < -0.4 is 10.6 Å². The molecule has 4 nitrogen and oxygen atoms in total. The van der Waals surface area contributed by atoms with Crippen LogP contribution in [-0.2, 0) is 9.53 Å². The number of carbonyl (C=O) groups excluding carboxylic acids is 1. The minimum absolute atomic E-state index is 0. The third-order valence-corrected chi connectivity index (χ3v) is 5.21. The van der Waals surface area contributed by atoms with Crippen LogP contribution in [0.2, 0.25) is 0 Å². The molecule has 0 radical (unpaired) electrons. The van der Waals surface area contributed by atoms with Gasteiger partial charge >= 0.3 is 0 Å². The molecule has 1 saturated carbocycles. The molecule has 2 rings (SSSR count). The summed E-state index contributed by atoms with van der Waals surface area (Å²) >= 11 is 2.03. The quantitative estimate of drug-likeness (QED) is 0.831. The van der Waals surface area contributed by atoms with Gasteiger partial charge in [-0.3, -0.25) is 4.79 Å². The van der Waals surface area contributed by atoms with E-state index < -0.39 is 0 Å². The maximum atomic E-state index is 12.3.